The molecule has 0 aliphatic rings. The van der Waals surface area contributed by atoms with Gasteiger partial charge in [0.15, 0.2) is 0 Å². The molecule has 3 aromatic rings. The smallest absolute Gasteiger partial charge is 0.418 e. The van der Waals surface area contributed by atoms with Crippen LogP contribution in [0, 0.1) is 0 Å². The van der Waals surface area contributed by atoms with Crippen LogP contribution in [0.5, 0.6) is 11.5 Å². The summed E-state index contributed by atoms with van der Waals surface area (Å²) in [6.07, 6.45) is 0. The molecular weight excluding hydrogens is 393 g/mol. The standard InChI is InChI=1S/C12H11O3P.C6H6FO3P/c13-16(14-11-7-3-1-4-8-11)15-12-9-5-2-6-10-12;7-10-11(8,9)6-4-2-1-3-5-6/h1-10,16H;1-5H,(H,8,9). The maximum absolute atomic E-state index is 11.5. The molecule has 0 aliphatic carbocycles. The summed E-state index contributed by atoms with van der Waals surface area (Å²) in [4.78, 5) is 8.75. The van der Waals surface area contributed by atoms with Gasteiger partial charge in [-0.3, -0.25) is 4.57 Å². The molecule has 0 aliphatic heterocycles. The molecule has 1 N–H and O–H groups in total. The Hall–Kier alpha value is -2.43. The zero-order valence-corrected chi connectivity index (χ0v) is 15.9. The van der Waals surface area contributed by atoms with Crippen molar-refractivity contribution in [3.05, 3.63) is 91.0 Å². The molecule has 1 unspecified atom stereocenters. The molecule has 0 saturated heterocycles. The maximum atomic E-state index is 11.5. The summed E-state index contributed by atoms with van der Waals surface area (Å²) >= 11 is 0. The molecule has 142 valence electrons. The summed E-state index contributed by atoms with van der Waals surface area (Å²) in [7, 11) is -6.74. The van der Waals surface area contributed by atoms with Crippen molar-refractivity contribution < 1.29 is 32.3 Å². The third-order valence-electron chi connectivity index (χ3n) is 3.06. The lowest BCUT2D eigenvalue weighted by Crippen LogP contribution is -2.02. The molecule has 3 rings (SSSR count). The molecule has 0 aromatic heterocycles. The molecule has 1 atom stereocenters. The van der Waals surface area contributed by atoms with E-state index < -0.39 is 15.9 Å². The number of para-hydroxylation sites is 2. The van der Waals surface area contributed by atoms with E-state index in [4.69, 9.17) is 13.9 Å². The fraction of sp³-hybridized carbons (Fsp3) is 0. The van der Waals surface area contributed by atoms with Crippen molar-refractivity contribution in [1.29, 1.82) is 0 Å². The van der Waals surface area contributed by atoms with Gasteiger partial charge < -0.3 is 13.9 Å². The van der Waals surface area contributed by atoms with Gasteiger partial charge in [-0.2, -0.15) is 0 Å². The summed E-state index contributed by atoms with van der Waals surface area (Å²) in [6, 6.07) is 25.3. The summed E-state index contributed by atoms with van der Waals surface area (Å²) in [6.45, 7) is 0. The lowest BCUT2D eigenvalue weighted by atomic mass is 10.3. The van der Waals surface area contributed by atoms with Crippen LogP contribution in [0.3, 0.4) is 0 Å². The molecule has 9 heteroatoms. The zero-order chi connectivity index (χ0) is 19.5. The van der Waals surface area contributed by atoms with E-state index in [2.05, 4.69) is 4.73 Å². The summed E-state index contributed by atoms with van der Waals surface area (Å²) in [5.41, 5.74) is 0. The second kappa shape index (κ2) is 10.7. The van der Waals surface area contributed by atoms with Crippen LogP contribution < -0.4 is 14.4 Å². The third kappa shape index (κ3) is 7.37. The van der Waals surface area contributed by atoms with Crippen LogP contribution in [0.25, 0.3) is 0 Å². The normalized spacial score (nSPS) is 12.4. The van der Waals surface area contributed by atoms with Crippen LogP contribution in [-0.2, 0) is 13.9 Å². The van der Waals surface area contributed by atoms with E-state index in [0.29, 0.717) is 11.5 Å². The Balaban J connectivity index is 0.000000208. The van der Waals surface area contributed by atoms with E-state index in [0.717, 1.165) is 0 Å². The molecule has 0 heterocycles. The van der Waals surface area contributed by atoms with Crippen molar-refractivity contribution in [2.45, 2.75) is 0 Å². The lowest BCUT2D eigenvalue weighted by molar-refractivity contribution is -0.0151. The van der Waals surface area contributed by atoms with Gasteiger partial charge in [-0.25, -0.2) is 4.57 Å². The molecule has 0 fully saturated rings. The van der Waals surface area contributed by atoms with E-state index >= 15 is 0 Å². The van der Waals surface area contributed by atoms with Gasteiger partial charge >= 0.3 is 15.9 Å². The van der Waals surface area contributed by atoms with Gasteiger partial charge in [-0.15, -0.1) is 4.73 Å². The molecule has 0 saturated carbocycles. The minimum Gasteiger partial charge on any atom is -0.418 e. The first kappa shape index (κ1) is 20.9. The van der Waals surface area contributed by atoms with Gasteiger partial charge in [0.1, 0.15) is 11.5 Å². The molecule has 0 amide bonds. The van der Waals surface area contributed by atoms with Crippen LogP contribution in [0.15, 0.2) is 91.0 Å². The number of hydrogen-bond acceptors (Lipinski definition) is 5. The molecule has 6 nitrogen and oxygen atoms in total. The fourth-order valence-electron chi connectivity index (χ4n) is 1.85. The zero-order valence-electron chi connectivity index (χ0n) is 14.0. The van der Waals surface area contributed by atoms with Gasteiger partial charge in [-0.1, -0.05) is 54.6 Å². The van der Waals surface area contributed by atoms with Crippen molar-refractivity contribution in [2.75, 3.05) is 0 Å². The minimum absolute atomic E-state index is 0.0532. The highest BCUT2D eigenvalue weighted by atomic mass is 31.2. The van der Waals surface area contributed by atoms with Gasteiger partial charge in [0.2, 0.25) is 0 Å². The highest BCUT2D eigenvalue weighted by molar-refractivity contribution is 7.61. The highest BCUT2D eigenvalue weighted by Gasteiger charge is 2.22. The largest absolute Gasteiger partial charge is 0.418 e. The van der Waals surface area contributed by atoms with Gasteiger partial charge in [0.05, 0.1) is 5.30 Å². The van der Waals surface area contributed by atoms with E-state index in [9.17, 15) is 13.7 Å². The quantitative estimate of drug-likeness (QED) is 0.580. The summed E-state index contributed by atoms with van der Waals surface area (Å²) < 4.78 is 46.9. The number of halogens is 1. The van der Waals surface area contributed by atoms with Crippen molar-refractivity contribution in [1.82, 2.24) is 0 Å². The van der Waals surface area contributed by atoms with Gasteiger partial charge in [0, 0.05) is 0 Å². The van der Waals surface area contributed by atoms with Crippen LogP contribution in [0.1, 0.15) is 0 Å². The van der Waals surface area contributed by atoms with Crippen LogP contribution >= 0.6 is 15.9 Å². The second-order valence-electron chi connectivity index (χ2n) is 5.01. The monoisotopic (exact) mass is 410 g/mol. The molecular formula is C18H17FO6P2. The molecule has 0 spiro atoms. The van der Waals surface area contributed by atoms with E-state index in [1.165, 1.54) is 24.3 Å². The summed E-state index contributed by atoms with van der Waals surface area (Å²) in [5, 5.41) is -0.0532. The third-order valence-corrected chi connectivity index (χ3v) is 5.01. The lowest BCUT2D eigenvalue weighted by Gasteiger charge is -2.07. The molecule has 27 heavy (non-hydrogen) atoms. The predicted molar refractivity (Wildman–Crippen MR) is 101 cm³/mol. The minimum atomic E-state index is -4.19. The van der Waals surface area contributed by atoms with E-state index in [-0.39, 0.29) is 5.30 Å². The van der Waals surface area contributed by atoms with Crippen molar-refractivity contribution in [2.24, 2.45) is 0 Å². The Morgan fingerprint density at radius 2 is 1.11 bits per heavy atom. The average molecular weight is 410 g/mol. The van der Waals surface area contributed by atoms with E-state index in [1.54, 1.807) is 30.3 Å². The molecule has 0 radical (unpaired) electrons. The van der Waals surface area contributed by atoms with Crippen LogP contribution in [0.2, 0.25) is 0 Å². The molecule has 3 aromatic carbocycles. The SMILES string of the molecule is O=P(O)(OF)c1ccccc1.O=[PH](Oc1ccccc1)Oc1ccccc1. The predicted octanol–water partition coefficient (Wildman–Crippen LogP) is 4.93. The van der Waals surface area contributed by atoms with Crippen molar-refractivity contribution >= 4 is 21.2 Å². The number of benzene rings is 3. The highest BCUT2D eigenvalue weighted by Crippen LogP contribution is 2.40. The van der Waals surface area contributed by atoms with Crippen LogP contribution in [-0.4, -0.2) is 4.89 Å². The Kier molecular flexibility index (Phi) is 8.24. The van der Waals surface area contributed by atoms with E-state index in [1.807, 2.05) is 36.4 Å². The Morgan fingerprint density at radius 1 is 0.741 bits per heavy atom. The first-order valence-electron chi connectivity index (χ1n) is 7.70. The Morgan fingerprint density at radius 3 is 1.48 bits per heavy atom. The maximum Gasteiger partial charge on any atom is 0.418 e. The second-order valence-corrected chi connectivity index (χ2v) is 7.61. The average Bonchev–Trinajstić information content (AvgIpc) is 2.70. The first-order chi connectivity index (χ1) is 13.0. The Labute approximate surface area is 156 Å². The first-order valence-corrected chi connectivity index (χ1v) is 10.5. The molecule has 0 bridgehead atoms. The van der Waals surface area contributed by atoms with Crippen LogP contribution in [0.4, 0.5) is 4.53 Å². The number of rotatable bonds is 6. The van der Waals surface area contributed by atoms with Crippen molar-refractivity contribution in [3.8, 4) is 11.5 Å². The number of hydrogen-bond donors (Lipinski definition) is 1. The van der Waals surface area contributed by atoms with Crippen molar-refractivity contribution in [3.63, 3.8) is 0 Å². The van der Waals surface area contributed by atoms with Gasteiger partial charge in [-0.05, 0) is 40.9 Å². The van der Waals surface area contributed by atoms with Gasteiger partial charge in [0.25, 0.3) is 0 Å². The summed E-state index contributed by atoms with van der Waals surface area (Å²) in [5.74, 6) is 1.09. The Bertz CT molecular complexity index is 835. The topological polar surface area (TPSA) is 82.1 Å². The fourth-order valence-corrected chi connectivity index (χ4v) is 3.17.